The molecule has 6 heteroatoms. The van der Waals surface area contributed by atoms with Gasteiger partial charge in [-0.2, -0.15) is 0 Å². The van der Waals surface area contributed by atoms with Crippen LogP contribution in [0.3, 0.4) is 0 Å². The zero-order chi connectivity index (χ0) is 15.7. The summed E-state index contributed by atoms with van der Waals surface area (Å²) in [6, 6.07) is 15.6. The van der Waals surface area contributed by atoms with Crippen LogP contribution in [0.2, 0.25) is 0 Å². The summed E-state index contributed by atoms with van der Waals surface area (Å²) in [5.41, 5.74) is 3.02. The highest BCUT2D eigenvalue weighted by atomic mass is 35.6. The first-order valence-electron chi connectivity index (χ1n) is 6.52. The van der Waals surface area contributed by atoms with Gasteiger partial charge in [0.05, 0.1) is 11.0 Å². The van der Waals surface area contributed by atoms with Gasteiger partial charge in [0.1, 0.15) is 10.7 Å². The van der Waals surface area contributed by atoms with Gasteiger partial charge in [0.2, 0.25) is 3.79 Å². The number of alkyl halides is 3. The van der Waals surface area contributed by atoms with Crippen molar-refractivity contribution in [2.45, 2.75) is 20.6 Å². The minimum Gasteiger partial charge on any atom is -0.244 e. The van der Waals surface area contributed by atoms with Gasteiger partial charge in [-0.3, -0.25) is 0 Å². The molecule has 0 spiro atoms. The number of fused-ring (bicyclic) bond motifs is 1. The Balaban J connectivity index is 2.11. The molecule has 0 aliphatic heterocycles. The van der Waals surface area contributed by atoms with Crippen LogP contribution in [-0.4, -0.2) is 9.97 Å². The minimum absolute atomic E-state index is 0.349. The Hall–Kier alpha value is -1.000. The summed E-state index contributed by atoms with van der Waals surface area (Å²) in [6.45, 7) is 2.04. The SMILES string of the molecule is Cc1ccc(Sc2nc3ccccc3nc2C(Cl)(Cl)Cl)cc1. The van der Waals surface area contributed by atoms with E-state index in [1.165, 1.54) is 17.3 Å². The number of benzene rings is 2. The van der Waals surface area contributed by atoms with E-state index in [4.69, 9.17) is 34.8 Å². The Kier molecular flexibility index (Phi) is 4.51. The smallest absolute Gasteiger partial charge is 0.235 e. The molecule has 0 fully saturated rings. The van der Waals surface area contributed by atoms with Crippen molar-refractivity contribution in [3.05, 3.63) is 59.8 Å². The number of halogens is 3. The summed E-state index contributed by atoms with van der Waals surface area (Å²) in [4.78, 5) is 10.1. The molecule has 0 N–H and O–H groups in total. The van der Waals surface area contributed by atoms with E-state index < -0.39 is 3.79 Å². The van der Waals surface area contributed by atoms with Crippen LogP contribution < -0.4 is 0 Å². The highest BCUT2D eigenvalue weighted by molar-refractivity contribution is 7.99. The summed E-state index contributed by atoms with van der Waals surface area (Å²) >= 11 is 19.6. The topological polar surface area (TPSA) is 25.8 Å². The zero-order valence-electron chi connectivity index (χ0n) is 11.6. The molecule has 1 heterocycles. The van der Waals surface area contributed by atoms with Crippen LogP contribution in [0.25, 0.3) is 11.0 Å². The Morgan fingerprint density at radius 2 is 1.45 bits per heavy atom. The number of hydrogen-bond donors (Lipinski definition) is 0. The van der Waals surface area contributed by atoms with Crippen LogP contribution in [0.1, 0.15) is 11.3 Å². The van der Waals surface area contributed by atoms with Crippen molar-refractivity contribution in [1.29, 1.82) is 0 Å². The maximum Gasteiger partial charge on any atom is 0.235 e. The summed E-state index contributed by atoms with van der Waals surface area (Å²) < 4.78 is -1.62. The molecule has 2 nitrogen and oxygen atoms in total. The van der Waals surface area contributed by atoms with Crippen molar-refractivity contribution in [3.8, 4) is 0 Å². The molecule has 0 radical (unpaired) electrons. The van der Waals surface area contributed by atoms with Gasteiger partial charge in [0.25, 0.3) is 0 Å². The van der Waals surface area contributed by atoms with Crippen LogP contribution in [0.15, 0.2) is 58.5 Å². The number of nitrogens with zero attached hydrogens (tertiary/aromatic N) is 2. The summed E-state index contributed by atoms with van der Waals surface area (Å²) in [6.07, 6.45) is 0. The Morgan fingerprint density at radius 3 is 2.05 bits per heavy atom. The standard InChI is InChI=1S/C16H11Cl3N2S/c1-10-6-8-11(9-7-10)22-15-14(16(17,18)19)20-12-4-2-3-5-13(12)21-15/h2-9H,1H3. The van der Waals surface area contributed by atoms with Crippen molar-refractivity contribution in [2.75, 3.05) is 0 Å². The number of hydrogen-bond acceptors (Lipinski definition) is 3. The first kappa shape index (κ1) is 15.9. The van der Waals surface area contributed by atoms with Gasteiger partial charge < -0.3 is 0 Å². The lowest BCUT2D eigenvalue weighted by molar-refractivity contribution is 0.970. The van der Waals surface area contributed by atoms with E-state index in [2.05, 4.69) is 9.97 Å². The molecule has 3 rings (SSSR count). The molecule has 3 aromatic rings. The monoisotopic (exact) mass is 368 g/mol. The van der Waals surface area contributed by atoms with Gasteiger partial charge in [0, 0.05) is 4.90 Å². The van der Waals surface area contributed by atoms with Crippen LogP contribution in [0, 0.1) is 6.92 Å². The van der Waals surface area contributed by atoms with Crippen LogP contribution in [-0.2, 0) is 3.79 Å². The number of aromatic nitrogens is 2. The van der Waals surface area contributed by atoms with Gasteiger partial charge in [-0.05, 0) is 31.2 Å². The highest BCUT2D eigenvalue weighted by Gasteiger charge is 2.30. The third kappa shape index (κ3) is 3.49. The van der Waals surface area contributed by atoms with E-state index in [1.54, 1.807) is 0 Å². The van der Waals surface area contributed by atoms with E-state index in [0.717, 1.165) is 10.4 Å². The molecule has 0 atom stereocenters. The van der Waals surface area contributed by atoms with Crippen molar-refractivity contribution < 1.29 is 0 Å². The molecule has 0 bridgehead atoms. The third-order valence-corrected chi connectivity index (χ3v) is 4.57. The molecule has 0 aliphatic carbocycles. The summed E-state index contributed by atoms with van der Waals surface area (Å²) in [7, 11) is 0. The van der Waals surface area contributed by atoms with Crippen molar-refractivity contribution >= 4 is 57.6 Å². The molecule has 22 heavy (non-hydrogen) atoms. The van der Waals surface area contributed by atoms with E-state index in [0.29, 0.717) is 16.2 Å². The molecule has 0 amide bonds. The predicted octanol–water partition coefficient (Wildman–Crippen LogP) is 5.92. The van der Waals surface area contributed by atoms with E-state index in [1.807, 2.05) is 55.5 Å². The lowest BCUT2D eigenvalue weighted by Gasteiger charge is -2.15. The van der Waals surface area contributed by atoms with Gasteiger partial charge in [-0.25, -0.2) is 9.97 Å². The number of para-hydroxylation sites is 2. The first-order chi connectivity index (χ1) is 10.4. The highest BCUT2D eigenvalue weighted by Crippen LogP contribution is 2.43. The third-order valence-electron chi connectivity index (χ3n) is 3.04. The molecule has 0 saturated carbocycles. The number of rotatable bonds is 2. The summed E-state index contributed by atoms with van der Waals surface area (Å²) in [5.74, 6) is 0. The van der Waals surface area contributed by atoms with Gasteiger partial charge in [-0.1, -0.05) is 76.4 Å². The fraction of sp³-hybridized carbons (Fsp3) is 0.125. The molecular weight excluding hydrogens is 359 g/mol. The van der Waals surface area contributed by atoms with Gasteiger partial charge in [0.15, 0.2) is 0 Å². The Morgan fingerprint density at radius 1 is 0.864 bits per heavy atom. The molecular formula is C16H11Cl3N2S. The maximum absolute atomic E-state index is 6.07. The molecule has 1 aromatic heterocycles. The summed E-state index contributed by atoms with van der Waals surface area (Å²) in [5, 5.41) is 0.600. The van der Waals surface area contributed by atoms with E-state index >= 15 is 0 Å². The van der Waals surface area contributed by atoms with Gasteiger partial charge in [-0.15, -0.1) is 0 Å². The van der Waals surface area contributed by atoms with Crippen molar-refractivity contribution in [2.24, 2.45) is 0 Å². The van der Waals surface area contributed by atoms with Crippen LogP contribution >= 0.6 is 46.6 Å². The first-order valence-corrected chi connectivity index (χ1v) is 8.47. The Labute approximate surface area is 147 Å². The number of aryl methyl sites for hydroxylation is 1. The van der Waals surface area contributed by atoms with Crippen molar-refractivity contribution in [1.82, 2.24) is 9.97 Å². The largest absolute Gasteiger partial charge is 0.244 e. The van der Waals surface area contributed by atoms with Crippen molar-refractivity contribution in [3.63, 3.8) is 0 Å². The zero-order valence-corrected chi connectivity index (χ0v) is 14.6. The molecule has 0 unspecified atom stereocenters. The lowest BCUT2D eigenvalue weighted by Crippen LogP contribution is -2.08. The molecule has 0 aliphatic rings. The van der Waals surface area contributed by atoms with E-state index in [-0.39, 0.29) is 0 Å². The van der Waals surface area contributed by atoms with Crippen LogP contribution in [0.5, 0.6) is 0 Å². The predicted molar refractivity (Wildman–Crippen MR) is 94.1 cm³/mol. The fourth-order valence-electron chi connectivity index (χ4n) is 1.96. The quantitative estimate of drug-likeness (QED) is 0.525. The average Bonchev–Trinajstić information content (AvgIpc) is 2.48. The minimum atomic E-state index is -1.62. The average molecular weight is 370 g/mol. The fourth-order valence-corrected chi connectivity index (χ4v) is 3.46. The normalized spacial score (nSPS) is 11.8. The lowest BCUT2D eigenvalue weighted by atomic mass is 10.2. The molecule has 2 aromatic carbocycles. The second-order valence-electron chi connectivity index (χ2n) is 4.78. The maximum atomic E-state index is 6.07. The second-order valence-corrected chi connectivity index (χ2v) is 8.12. The van der Waals surface area contributed by atoms with E-state index in [9.17, 15) is 0 Å². The Bertz CT molecular complexity index is 814. The van der Waals surface area contributed by atoms with Crippen LogP contribution in [0.4, 0.5) is 0 Å². The molecule has 112 valence electrons. The second kappa shape index (κ2) is 6.25. The van der Waals surface area contributed by atoms with Gasteiger partial charge >= 0.3 is 0 Å². The molecule has 0 saturated heterocycles.